The minimum absolute atomic E-state index is 0.0870. The molecule has 0 radical (unpaired) electrons. The normalized spacial score (nSPS) is 26.1. The first-order valence-corrected chi connectivity index (χ1v) is 9.54. The van der Waals surface area contributed by atoms with Crippen LogP contribution in [0.25, 0.3) is 0 Å². The van der Waals surface area contributed by atoms with E-state index in [9.17, 15) is 0 Å². The van der Waals surface area contributed by atoms with Crippen LogP contribution < -0.4 is 9.80 Å². The Morgan fingerprint density at radius 3 is 2.11 bits per heavy atom. The molecule has 0 saturated carbocycles. The second kappa shape index (κ2) is 6.14. The monoisotopic (exact) mass is 356 g/mol. The molecule has 27 heavy (non-hydrogen) atoms. The molecule has 3 nitrogen and oxygen atoms in total. The van der Waals surface area contributed by atoms with Crippen LogP contribution in [0.15, 0.2) is 84.9 Å². The summed E-state index contributed by atoms with van der Waals surface area (Å²) in [4.78, 5) is 4.83. The minimum atomic E-state index is -0.324. The number of rotatable bonds is 3. The topological polar surface area (TPSA) is 15.7 Å². The van der Waals surface area contributed by atoms with Gasteiger partial charge in [0.05, 0.1) is 11.4 Å². The van der Waals surface area contributed by atoms with Crippen LogP contribution in [-0.2, 0) is 11.2 Å². The van der Waals surface area contributed by atoms with Gasteiger partial charge < -0.3 is 14.5 Å². The maximum Gasteiger partial charge on any atom is 0.159 e. The van der Waals surface area contributed by atoms with E-state index in [4.69, 9.17) is 4.74 Å². The number of fused-ring (bicyclic) bond motifs is 3. The summed E-state index contributed by atoms with van der Waals surface area (Å²) in [6.45, 7) is 2.25. The highest BCUT2D eigenvalue weighted by Gasteiger charge is 2.56. The molecule has 2 heterocycles. The first-order chi connectivity index (χ1) is 13.2. The Balaban J connectivity index is 1.61. The lowest BCUT2D eigenvalue weighted by Gasteiger charge is -2.35. The Morgan fingerprint density at radius 2 is 1.41 bits per heavy atom. The van der Waals surface area contributed by atoms with Crippen LogP contribution in [0.3, 0.4) is 0 Å². The van der Waals surface area contributed by atoms with Crippen LogP contribution in [0.1, 0.15) is 24.3 Å². The number of nitrogens with zero attached hydrogens (tertiary/aromatic N) is 2. The zero-order valence-corrected chi connectivity index (χ0v) is 15.7. The highest BCUT2D eigenvalue weighted by atomic mass is 16.5. The summed E-state index contributed by atoms with van der Waals surface area (Å²) in [7, 11) is 2.18. The Kier molecular flexibility index (Phi) is 3.73. The van der Waals surface area contributed by atoms with Crippen LogP contribution in [0.2, 0.25) is 0 Å². The summed E-state index contributed by atoms with van der Waals surface area (Å²) in [5.41, 5.74) is 4.69. The highest BCUT2D eigenvalue weighted by Crippen LogP contribution is 2.53. The fraction of sp³-hybridized carbons (Fsp3) is 0.250. The molecule has 2 aliphatic rings. The number of hydrogen-bond acceptors (Lipinski definition) is 3. The van der Waals surface area contributed by atoms with Crippen LogP contribution >= 0.6 is 0 Å². The van der Waals surface area contributed by atoms with E-state index in [0.717, 1.165) is 6.42 Å². The van der Waals surface area contributed by atoms with Gasteiger partial charge in [0.2, 0.25) is 0 Å². The minimum Gasteiger partial charge on any atom is -0.350 e. The van der Waals surface area contributed by atoms with Crippen molar-refractivity contribution in [1.82, 2.24) is 0 Å². The number of likely N-dealkylation sites (N-methyl/N-ethyl adjacent to an activating group) is 1. The van der Waals surface area contributed by atoms with E-state index in [2.05, 4.69) is 109 Å². The Morgan fingerprint density at radius 1 is 0.815 bits per heavy atom. The molecule has 3 atom stereocenters. The lowest BCUT2D eigenvalue weighted by atomic mass is 9.93. The number of anilines is 2. The molecule has 0 amide bonds. The largest absolute Gasteiger partial charge is 0.350 e. The summed E-state index contributed by atoms with van der Waals surface area (Å²) in [6.07, 6.45) is 0.938. The molecule has 0 N–H and O–H groups in total. The third kappa shape index (κ3) is 2.54. The van der Waals surface area contributed by atoms with Gasteiger partial charge in [0.1, 0.15) is 11.8 Å². The molecular weight excluding hydrogens is 332 g/mol. The van der Waals surface area contributed by atoms with Crippen molar-refractivity contribution < 1.29 is 4.74 Å². The van der Waals surface area contributed by atoms with Crippen molar-refractivity contribution in [2.75, 3.05) is 16.8 Å². The molecule has 136 valence electrons. The number of hydrogen-bond donors (Lipinski definition) is 0. The maximum atomic E-state index is 6.82. The third-order valence-corrected chi connectivity index (χ3v) is 5.83. The molecule has 2 aliphatic heterocycles. The molecule has 3 heteroatoms. The molecule has 0 aromatic heterocycles. The molecule has 3 aromatic rings. The van der Waals surface area contributed by atoms with Crippen LogP contribution in [-0.4, -0.2) is 18.8 Å². The molecule has 3 aromatic carbocycles. The van der Waals surface area contributed by atoms with Crippen LogP contribution in [0.4, 0.5) is 11.4 Å². The van der Waals surface area contributed by atoms with Gasteiger partial charge in [-0.1, -0.05) is 72.8 Å². The summed E-state index contributed by atoms with van der Waals surface area (Å²) in [5, 5.41) is 0. The van der Waals surface area contributed by atoms with E-state index < -0.39 is 0 Å². The smallest absolute Gasteiger partial charge is 0.159 e. The predicted octanol–water partition coefficient (Wildman–Crippen LogP) is 5.00. The fourth-order valence-electron chi connectivity index (χ4n) is 4.74. The molecule has 0 aliphatic carbocycles. The van der Waals surface area contributed by atoms with Gasteiger partial charge in [-0.2, -0.15) is 0 Å². The molecular formula is C24H24N2O. The molecule has 3 unspecified atom stereocenters. The van der Waals surface area contributed by atoms with Gasteiger partial charge in [0.15, 0.2) is 6.23 Å². The molecule has 5 rings (SSSR count). The van der Waals surface area contributed by atoms with E-state index in [1.165, 1.54) is 22.5 Å². The average molecular weight is 356 g/mol. The van der Waals surface area contributed by atoms with Crippen molar-refractivity contribution in [3.8, 4) is 0 Å². The highest BCUT2D eigenvalue weighted by molar-refractivity contribution is 5.79. The maximum absolute atomic E-state index is 6.82. The van der Waals surface area contributed by atoms with E-state index in [0.29, 0.717) is 0 Å². The second-order valence-corrected chi connectivity index (χ2v) is 7.74. The van der Waals surface area contributed by atoms with Gasteiger partial charge in [-0.15, -0.1) is 0 Å². The Labute approximate surface area is 160 Å². The fourth-order valence-corrected chi connectivity index (χ4v) is 4.74. The zero-order chi connectivity index (χ0) is 18.4. The van der Waals surface area contributed by atoms with Crippen molar-refractivity contribution in [3.05, 3.63) is 96.1 Å². The van der Waals surface area contributed by atoms with Gasteiger partial charge in [-0.05, 0) is 24.6 Å². The van der Waals surface area contributed by atoms with Crippen molar-refractivity contribution in [2.24, 2.45) is 0 Å². The average Bonchev–Trinajstić information content (AvgIpc) is 3.18. The quantitative estimate of drug-likeness (QED) is 0.657. The SMILES string of the molecule is CN1c2ccccc2N2C(c3ccccc3)OC(C)(Cc3ccccc3)C12. The lowest BCUT2D eigenvalue weighted by molar-refractivity contribution is -0.0352. The molecule has 0 spiro atoms. The summed E-state index contributed by atoms with van der Waals surface area (Å²) < 4.78 is 6.82. The van der Waals surface area contributed by atoms with Gasteiger partial charge in [-0.25, -0.2) is 0 Å². The van der Waals surface area contributed by atoms with E-state index in [1.54, 1.807) is 0 Å². The van der Waals surface area contributed by atoms with Crippen molar-refractivity contribution in [3.63, 3.8) is 0 Å². The van der Waals surface area contributed by atoms with Gasteiger partial charge in [0, 0.05) is 19.0 Å². The Bertz CT molecular complexity index is 943. The van der Waals surface area contributed by atoms with Crippen molar-refractivity contribution in [2.45, 2.75) is 31.3 Å². The van der Waals surface area contributed by atoms with E-state index >= 15 is 0 Å². The zero-order valence-electron chi connectivity index (χ0n) is 15.7. The first-order valence-electron chi connectivity index (χ1n) is 9.54. The molecule has 0 bridgehead atoms. The summed E-state index contributed by atoms with van der Waals surface area (Å²) in [5.74, 6) is 0. The molecule has 1 fully saturated rings. The molecule has 1 saturated heterocycles. The van der Waals surface area contributed by atoms with E-state index in [1.807, 2.05) is 0 Å². The lowest BCUT2D eigenvalue weighted by Crippen LogP contribution is -2.51. The standard InChI is InChI=1S/C24H24N2O/c1-24(17-18-11-5-3-6-12-18)23-25(2)20-15-9-10-16-21(20)26(23)22(27-24)19-13-7-4-8-14-19/h3-16,22-23H,17H2,1-2H3. The summed E-state index contributed by atoms with van der Waals surface area (Å²) >= 11 is 0. The number of para-hydroxylation sites is 2. The van der Waals surface area contributed by atoms with E-state index in [-0.39, 0.29) is 18.0 Å². The third-order valence-electron chi connectivity index (χ3n) is 5.83. The van der Waals surface area contributed by atoms with Crippen molar-refractivity contribution >= 4 is 11.4 Å². The van der Waals surface area contributed by atoms with Crippen molar-refractivity contribution in [1.29, 1.82) is 0 Å². The number of benzene rings is 3. The van der Waals surface area contributed by atoms with Gasteiger partial charge in [-0.3, -0.25) is 0 Å². The Hall–Kier alpha value is -2.78. The second-order valence-electron chi connectivity index (χ2n) is 7.74. The van der Waals surface area contributed by atoms with Crippen LogP contribution in [0, 0.1) is 0 Å². The van der Waals surface area contributed by atoms with Gasteiger partial charge in [0.25, 0.3) is 0 Å². The number of ether oxygens (including phenoxy) is 1. The predicted molar refractivity (Wildman–Crippen MR) is 110 cm³/mol. The summed E-state index contributed by atoms with van der Waals surface area (Å²) in [6, 6.07) is 29.9. The van der Waals surface area contributed by atoms with Gasteiger partial charge >= 0.3 is 0 Å². The first kappa shape index (κ1) is 16.4. The van der Waals surface area contributed by atoms with Crippen LogP contribution in [0.5, 0.6) is 0 Å².